The standard InChI is InChI=1S/C18H32N2O2S.C17H30N2O2S.2C16H28N2O2S.C15H26N2O2S/c1-6-9-20(10-7-2)11-13-22-12-8-19-15-14(18(3,4)5)17(23)16(15)21;1-7-19(8-2)10-12-21-11-9-18(6)14-13(17(3,4)5)16(22)15(14)20;1-7-17(5)8-10-20-11-9-18(6)13-12(16(2,3)4)15(21)14(13)19;1-6-8-18(5)9-11-20-10-7-17-13-12(16(2,3)4)15(21)14(13)19;1-15(2,3)11-12(13(18)14(11)20)17(6)8-10-19-9-7-16(4)5/h19H,6-13H2,1-5H3;7-12H2,1-6H3;7-11H2,1-6H3;17H,6-11H2,1-5H3;7-10H2,1-6H3. The molecule has 0 bridgehead atoms. The first-order valence-electron chi connectivity index (χ1n) is 38.9. The summed E-state index contributed by atoms with van der Waals surface area (Å²) in [5, 5.41) is 6.37. The van der Waals surface area contributed by atoms with Gasteiger partial charge in [0.1, 0.15) is 0 Å². The topological polar surface area (TPSA) is 181 Å². The molecule has 0 atom stereocenters. The predicted octanol–water partition coefficient (Wildman–Crippen LogP) is 13.3. The number of hydrogen-bond acceptors (Lipinski definition) is 25. The Hall–Kier alpha value is -3.90. The SMILES string of the molecule is CCCN(C)CCOCCNc1c(C(C)(C)C)c(=S)c1=O.CCCN(CCC)CCOCCNc1c(C(C)(C)C)c(=S)c1=O.CCN(C)CCOCCN(C)c1c(C(C)(C)C)c(=S)c1=O.CCN(CC)CCOCCN(C)c1c(C(C)(C)C)c(=S)c1=O.CN(C)CCOCCN(C)c1c(C(C)(C)C)c(=S)c1=O. The molecule has 0 fully saturated rings. The molecule has 25 heteroatoms. The number of likely N-dealkylation sites (N-methyl/N-ethyl adjacent to an activating group) is 7. The summed E-state index contributed by atoms with van der Waals surface area (Å²) in [4.78, 5) is 76.8. The Kier molecular flexibility index (Phi) is 46.2. The van der Waals surface area contributed by atoms with E-state index in [9.17, 15) is 24.0 Å². The number of nitrogens with zero attached hydrogens (tertiary/aromatic N) is 8. The van der Waals surface area contributed by atoms with Crippen LogP contribution in [-0.4, -0.2) is 245 Å². The van der Waals surface area contributed by atoms with Gasteiger partial charge in [0.15, 0.2) is 0 Å². The molecule has 0 radical (unpaired) electrons. The first kappa shape index (κ1) is 101. The summed E-state index contributed by atoms with van der Waals surface area (Å²) in [6, 6.07) is 0. The summed E-state index contributed by atoms with van der Waals surface area (Å²) in [6.07, 6.45) is 3.50. The lowest BCUT2D eigenvalue weighted by Crippen LogP contribution is -2.36. The molecule has 0 saturated carbocycles. The van der Waals surface area contributed by atoms with E-state index in [2.05, 4.69) is 195 Å². The van der Waals surface area contributed by atoms with Gasteiger partial charge in [-0.05, 0) is 114 Å². The maximum atomic E-state index is 12.0. The molecule has 5 aromatic rings. The van der Waals surface area contributed by atoms with E-state index < -0.39 is 0 Å². The Labute approximate surface area is 672 Å². The van der Waals surface area contributed by atoms with Crippen LogP contribution in [0.3, 0.4) is 0 Å². The van der Waals surface area contributed by atoms with E-state index in [1.807, 2.05) is 49.9 Å². The van der Waals surface area contributed by atoms with Gasteiger partial charge in [0, 0.05) is 114 Å². The molecule has 0 saturated heterocycles. The molecular weight excluding hydrogens is 1450 g/mol. The van der Waals surface area contributed by atoms with Crippen molar-refractivity contribution >= 4 is 89.5 Å². The summed E-state index contributed by atoms with van der Waals surface area (Å²) in [5.74, 6) is 0. The minimum absolute atomic E-state index is 0.000663. The summed E-state index contributed by atoms with van der Waals surface area (Å²) in [7, 11) is 14.0. The average molecular weight is 1590 g/mol. The highest BCUT2D eigenvalue weighted by atomic mass is 32.1. The highest BCUT2D eigenvalue weighted by Crippen LogP contribution is 2.36. The van der Waals surface area contributed by atoms with Crippen LogP contribution in [-0.2, 0) is 50.8 Å². The van der Waals surface area contributed by atoms with E-state index in [0.29, 0.717) is 106 Å². The van der Waals surface area contributed by atoms with Crippen molar-refractivity contribution in [2.75, 3.05) is 245 Å². The quantitative estimate of drug-likeness (QED) is 0.0277. The molecule has 0 spiro atoms. The lowest BCUT2D eigenvalue weighted by molar-refractivity contribution is 0.111. The Morgan fingerprint density at radius 2 is 0.551 bits per heavy atom. The number of anilines is 5. The van der Waals surface area contributed by atoms with Crippen LogP contribution in [0.1, 0.15) is 192 Å². The molecule has 20 nitrogen and oxygen atoms in total. The molecular formula is C82H144N10O10S5. The molecule has 0 amide bonds. The number of hydrogen-bond donors (Lipinski definition) is 2. The minimum atomic E-state index is -0.0883. The molecule has 0 aromatic heterocycles. The molecule has 0 heterocycles. The number of rotatable bonds is 44. The number of ether oxygens (including phenoxy) is 5. The zero-order valence-electron chi connectivity index (χ0n) is 71.7. The zero-order chi connectivity index (χ0) is 82.1. The second-order valence-corrected chi connectivity index (χ2v) is 35.3. The van der Waals surface area contributed by atoms with Crippen molar-refractivity contribution in [3.05, 3.63) is 101 Å². The summed E-state index contributed by atoms with van der Waals surface area (Å²) in [5.41, 5.74) is 8.18. The van der Waals surface area contributed by atoms with Crippen molar-refractivity contribution in [3.63, 3.8) is 0 Å². The molecule has 0 aliphatic carbocycles. The molecule has 0 aliphatic rings. The van der Waals surface area contributed by atoms with E-state index in [1.54, 1.807) is 0 Å². The second-order valence-electron chi connectivity index (χ2n) is 33.3. The maximum Gasteiger partial charge on any atom is 0.220 e. The third-order valence-electron chi connectivity index (χ3n) is 18.3. The van der Waals surface area contributed by atoms with Gasteiger partial charge in [-0.25, -0.2) is 0 Å². The fourth-order valence-electron chi connectivity index (χ4n) is 12.1. The first-order valence-corrected chi connectivity index (χ1v) is 40.9. The van der Waals surface area contributed by atoms with Gasteiger partial charge in [-0.3, -0.25) is 24.0 Å². The van der Waals surface area contributed by atoms with Crippen LogP contribution in [0, 0.1) is 22.6 Å². The smallest absolute Gasteiger partial charge is 0.220 e. The average Bonchev–Trinajstić information content (AvgIpc) is 0.769. The van der Waals surface area contributed by atoms with Crippen LogP contribution in [0.5, 0.6) is 0 Å². The van der Waals surface area contributed by atoms with Crippen LogP contribution in [0.15, 0.2) is 24.0 Å². The van der Waals surface area contributed by atoms with Gasteiger partial charge in [-0.2, -0.15) is 0 Å². The fraction of sp³-hybridized carbons (Fsp3) is 0.756. The van der Waals surface area contributed by atoms with Gasteiger partial charge in [0.05, 0.1) is 117 Å². The van der Waals surface area contributed by atoms with Gasteiger partial charge in [0.25, 0.3) is 0 Å². The maximum absolute atomic E-state index is 12.0. The van der Waals surface area contributed by atoms with Crippen molar-refractivity contribution in [2.45, 2.75) is 192 Å². The Bertz CT molecular complexity index is 3750. The summed E-state index contributed by atoms with van der Waals surface area (Å²) < 4.78 is 30.6. The van der Waals surface area contributed by atoms with E-state index in [0.717, 1.165) is 150 Å². The van der Waals surface area contributed by atoms with E-state index in [4.69, 9.17) is 84.8 Å². The lowest BCUT2D eigenvalue weighted by atomic mass is 9.82. The van der Waals surface area contributed by atoms with Gasteiger partial charge in [0.2, 0.25) is 27.1 Å². The van der Waals surface area contributed by atoms with Crippen LogP contribution < -0.4 is 52.5 Å². The van der Waals surface area contributed by atoms with Gasteiger partial charge >= 0.3 is 0 Å². The molecule has 5 aromatic carbocycles. The zero-order valence-corrected chi connectivity index (χ0v) is 75.8. The Morgan fingerprint density at radius 1 is 0.290 bits per heavy atom. The normalized spacial score (nSPS) is 12.3. The third kappa shape index (κ3) is 33.4. The Balaban J connectivity index is 0.000000669. The fourth-order valence-corrected chi connectivity index (χ4v) is 14.6. The largest absolute Gasteiger partial charge is 0.379 e. The van der Waals surface area contributed by atoms with Crippen molar-refractivity contribution < 1.29 is 23.7 Å². The molecule has 0 unspecified atom stereocenters. The highest BCUT2D eigenvalue weighted by molar-refractivity contribution is 7.72. The van der Waals surface area contributed by atoms with Crippen molar-refractivity contribution in [3.8, 4) is 0 Å². The van der Waals surface area contributed by atoms with Gasteiger partial charge < -0.3 is 73.5 Å². The molecule has 2 N–H and O–H groups in total. The van der Waals surface area contributed by atoms with Crippen LogP contribution in [0.25, 0.3) is 0 Å². The van der Waals surface area contributed by atoms with E-state index >= 15 is 0 Å². The minimum Gasteiger partial charge on any atom is -0.379 e. The molecule has 107 heavy (non-hydrogen) atoms. The summed E-state index contributed by atoms with van der Waals surface area (Å²) >= 11 is 25.9. The van der Waals surface area contributed by atoms with Crippen LogP contribution >= 0.6 is 61.1 Å². The summed E-state index contributed by atoms with van der Waals surface area (Å²) in [6.45, 7) is 65.5. The van der Waals surface area contributed by atoms with E-state index in [-0.39, 0.29) is 54.2 Å². The second kappa shape index (κ2) is 48.9. The van der Waals surface area contributed by atoms with Crippen LogP contribution in [0.2, 0.25) is 0 Å². The van der Waals surface area contributed by atoms with Gasteiger partial charge in [-0.15, -0.1) is 0 Å². The van der Waals surface area contributed by atoms with Gasteiger partial charge in [-0.1, -0.05) is 206 Å². The van der Waals surface area contributed by atoms with Crippen LogP contribution in [0.4, 0.5) is 28.4 Å². The third-order valence-corrected chi connectivity index (χ3v) is 20.3. The molecule has 0 aliphatic heterocycles. The predicted molar refractivity (Wildman–Crippen MR) is 468 cm³/mol. The van der Waals surface area contributed by atoms with Crippen molar-refractivity contribution in [2.24, 2.45) is 0 Å². The highest BCUT2D eigenvalue weighted by Gasteiger charge is 2.33. The monoisotopic (exact) mass is 1590 g/mol. The first-order chi connectivity index (χ1) is 49.7. The number of nitrogens with one attached hydrogen (secondary N) is 2. The molecule has 612 valence electrons. The van der Waals surface area contributed by atoms with E-state index in [1.165, 1.54) is 12.8 Å². The molecule has 5 rings (SSSR count). The van der Waals surface area contributed by atoms with Crippen molar-refractivity contribution in [1.29, 1.82) is 0 Å². The van der Waals surface area contributed by atoms with Crippen molar-refractivity contribution in [1.82, 2.24) is 24.5 Å². The lowest BCUT2D eigenvalue weighted by Gasteiger charge is -2.30. The Morgan fingerprint density at radius 3 is 0.832 bits per heavy atom.